The van der Waals surface area contributed by atoms with Crippen LogP contribution in [-0.4, -0.2) is 0 Å². The molecule has 0 aromatic rings. The van der Waals surface area contributed by atoms with Gasteiger partial charge in [-0.2, -0.15) is 0 Å². The maximum Gasteiger partial charge on any atom is -0.0282 e. The Morgan fingerprint density at radius 1 is 1.08 bits per heavy atom. The molecule has 0 aliphatic rings. The van der Waals surface area contributed by atoms with Crippen LogP contribution in [0.4, 0.5) is 0 Å². The molecule has 0 radical (unpaired) electrons. The topological polar surface area (TPSA) is 0 Å². The average Bonchev–Trinajstić information content (AvgIpc) is 2.23. The van der Waals surface area contributed by atoms with Crippen LogP contribution in [0.2, 0.25) is 0 Å². The lowest BCUT2D eigenvalue weighted by atomic mass is 10.1. The van der Waals surface area contributed by atoms with Crippen LogP contribution in [0.15, 0.2) is 37.0 Å². The Morgan fingerprint density at radius 2 is 1.54 bits per heavy atom. The molecule has 0 bridgehead atoms. The van der Waals surface area contributed by atoms with Crippen LogP contribution in [0, 0.1) is 0 Å². The Balaban J connectivity index is -0.000000218. The van der Waals surface area contributed by atoms with E-state index in [0.717, 1.165) is 6.42 Å². The van der Waals surface area contributed by atoms with Crippen molar-refractivity contribution < 1.29 is 0 Å². The SMILES string of the molecule is C=C/C=C(\C=C)CCC.CC.CC. The van der Waals surface area contributed by atoms with E-state index in [1.54, 1.807) is 6.08 Å². The fourth-order valence-corrected chi connectivity index (χ4v) is 0.693. The molecule has 78 valence electrons. The van der Waals surface area contributed by atoms with Crippen LogP contribution >= 0.6 is 0 Å². The van der Waals surface area contributed by atoms with Crippen molar-refractivity contribution in [3.05, 3.63) is 37.0 Å². The summed E-state index contributed by atoms with van der Waals surface area (Å²) in [5, 5.41) is 0. The molecule has 0 amide bonds. The quantitative estimate of drug-likeness (QED) is 0.528. The Morgan fingerprint density at radius 3 is 1.77 bits per heavy atom. The predicted molar refractivity (Wildman–Crippen MR) is 66.1 cm³/mol. The van der Waals surface area contributed by atoms with Gasteiger partial charge in [-0.3, -0.25) is 0 Å². The van der Waals surface area contributed by atoms with Gasteiger partial charge in [0.15, 0.2) is 0 Å². The molecule has 0 aliphatic heterocycles. The molecule has 0 rings (SSSR count). The van der Waals surface area contributed by atoms with Gasteiger partial charge in [-0.05, 0) is 12.0 Å². The molecule has 0 heteroatoms. The summed E-state index contributed by atoms with van der Waals surface area (Å²) in [6.45, 7) is 17.4. The number of rotatable bonds is 4. The van der Waals surface area contributed by atoms with E-state index in [4.69, 9.17) is 0 Å². The zero-order chi connectivity index (χ0) is 11.1. The molecule has 0 saturated carbocycles. The van der Waals surface area contributed by atoms with Gasteiger partial charge in [-0.15, -0.1) is 0 Å². The van der Waals surface area contributed by atoms with E-state index in [1.807, 2.05) is 39.8 Å². The smallest absolute Gasteiger partial charge is 0.0282 e. The third-order valence-corrected chi connectivity index (χ3v) is 1.13. The normalized spacial score (nSPS) is 8.54. The molecule has 0 spiro atoms. The first-order valence-electron chi connectivity index (χ1n) is 5.29. The van der Waals surface area contributed by atoms with Crippen molar-refractivity contribution in [2.24, 2.45) is 0 Å². The van der Waals surface area contributed by atoms with Crippen molar-refractivity contribution >= 4 is 0 Å². The zero-order valence-electron chi connectivity index (χ0n) is 10.1. The first kappa shape index (κ1) is 18.1. The molecule has 0 fully saturated rings. The van der Waals surface area contributed by atoms with Crippen molar-refractivity contribution in [2.45, 2.75) is 47.5 Å². The second-order valence-electron chi connectivity index (χ2n) is 1.93. The first-order chi connectivity index (χ1) is 6.35. The molecule has 0 aromatic carbocycles. The maximum absolute atomic E-state index is 3.68. The van der Waals surface area contributed by atoms with Crippen LogP contribution < -0.4 is 0 Å². The van der Waals surface area contributed by atoms with Crippen LogP contribution in [0.1, 0.15) is 47.5 Å². The fourth-order valence-electron chi connectivity index (χ4n) is 0.693. The Hall–Kier alpha value is -0.780. The molecule has 0 aromatic heterocycles. The lowest BCUT2D eigenvalue weighted by Crippen LogP contribution is -1.73. The lowest BCUT2D eigenvalue weighted by molar-refractivity contribution is 0.927. The van der Waals surface area contributed by atoms with Crippen molar-refractivity contribution in [2.75, 3.05) is 0 Å². The summed E-state index contributed by atoms with van der Waals surface area (Å²) in [5.41, 5.74) is 1.27. The second-order valence-corrected chi connectivity index (χ2v) is 1.93. The van der Waals surface area contributed by atoms with Gasteiger partial charge in [0.25, 0.3) is 0 Å². The zero-order valence-corrected chi connectivity index (χ0v) is 10.1. The van der Waals surface area contributed by atoms with Crippen LogP contribution in [0.25, 0.3) is 0 Å². The summed E-state index contributed by atoms with van der Waals surface area (Å²) in [6, 6.07) is 0. The monoisotopic (exact) mass is 182 g/mol. The van der Waals surface area contributed by atoms with E-state index in [2.05, 4.69) is 20.1 Å². The Labute approximate surface area is 85.1 Å². The minimum atomic E-state index is 1.11. The van der Waals surface area contributed by atoms with Crippen molar-refractivity contribution in [3.63, 3.8) is 0 Å². The highest BCUT2D eigenvalue weighted by atomic mass is 13.9. The minimum Gasteiger partial charge on any atom is -0.0991 e. The van der Waals surface area contributed by atoms with Crippen molar-refractivity contribution in [1.29, 1.82) is 0 Å². The largest absolute Gasteiger partial charge is 0.0991 e. The van der Waals surface area contributed by atoms with E-state index in [-0.39, 0.29) is 0 Å². The van der Waals surface area contributed by atoms with Crippen molar-refractivity contribution in [1.82, 2.24) is 0 Å². The van der Waals surface area contributed by atoms with Gasteiger partial charge in [-0.25, -0.2) is 0 Å². The second kappa shape index (κ2) is 22.5. The summed E-state index contributed by atoms with van der Waals surface area (Å²) in [7, 11) is 0. The highest BCUT2D eigenvalue weighted by Crippen LogP contribution is 2.04. The van der Waals surface area contributed by atoms with E-state index in [0.29, 0.717) is 0 Å². The number of hydrogen-bond donors (Lipinski definition) is 0. The van der Waals surface area contributed by atoms with E-state index in [9.17, 15) is 0 Å². The molecular weight excluding hydrogens is 156 g/mol. The van der Waals surface area contributed by atoms with Crippen LogP contribution in [-0.2, 0) is 0 Å². The molecule has 0 heterocycles. The molecule has 0 aliphatic carbocycles. The van der Waals surface area contributed by atoms with Gasteiger partial charge in [0.05, 0.1) is 0 Å². The molecule has 0 atom stereocenters. The molecule has 13 heavy (non-hydrogen) atoms. The Kier molecular flexibility index (Phi) is 31.3. The standard InChI is InChI=1S/C9H14.2C2H6/c1-4-7-9(6-3)8-5-2;2*1-2/h4,6-7H,1,3,5,8H2,2H3;2*1-2H3/b9-7+;;. The van der Waals surface area contributed by atoms with E-state index >= 15 is 0 Å². The fraction of sp³-hybridized carbons (Fsp3) is 0.538. The van der Waals surface area contributed by atoms with Crippen LogP contribution in [0.3, 0.4) is 0 Å². The molecular formula is C13H26. The Bertz CT molecular complexity index is 118. The molecule has 0 N–H and O–H groups in total. The number of allylic oxidation sites excluding steroid dienone is 4. The molecule has 0 saturated heterocycles. The predicted octanol–water partition coefficient (Wildman–Crippen LogP) is 5.14. The lowest BCUT2D eigenvalue weighted by Gasteiger charge is -1.93. The summed E-state index contributed by atoms with van der Waals surface area (Å²) in [4.78, 5) is 0. The first-order valence-corrected chi connectivity index (χ1v) is 5.29. The van der Waals surface area contributed by atoms with Gasteiger partial charge in [0.2, 0.25) is 0 Å². The van der Waals surface area contributed by atoms with Crippen LogP contribution in [0.5, 0.6) is 0 Å². The van der Waals surface area contributed by atoms with Gasteiger partial charge >= 0.3 is 0 Å². The van der Waals surface area contributed by atoms with Gasteiger partial charge in [0.1, 0.15) is 0 Å². The van der Waals surface area contributed by atoms with E-state index in [1.165, 1.54) is 12.0 Å². The summed E-state index contributed by atoms with van der Waals surface area (Å²) in [6.07, 6.45) is 7.95. The highest BCUT2D eigenvalue weighted by molar-refractivity contribution is 5.20. The van der Waals surface area contributed by atoms with E-state index < -0.39 is 0 Å². The average molecular weight is 182 g/mol. The third-order valence-electron chi connectivity index (χ3n) is 1.13. The number of hydrogen-bond acceptors (Lipinski definition) is 0. The summed E-state index contributed by atoms with van der Waals surface area (Å²) >= 11 is 0. The van der Waals surface area contributed by atoms with Gasteiger partial charge < -0.3 is 0 Å². The van der Waals surface area contributed by atoms with Gasteiger partial charge in [0, 0.05) is 0 Å². The minimum absolute atomic E-state index is 1.11. The highest BCUT2D eigenvalue weighted by Gasteiger charge is 1.84. The summed E-state index contributed by atoms with van der Waals surface area (Å²) in [5.74, 6) is 0. The van der Waals surface area contributed by atoms with Gasteiger partial charge in [-0.1, -0.05) is 72.4 Å². The summed E-state index contributed by atoms with van der Waals surface area (Å²) < 4.78 is 0. The third kappa shape index (κ3) is 18.3. The maximum atomic E-state index is 3.68. The van der Waals surface area contributed by atoms with Crippen molar-refractivity contribution in [3.8, 4) is 0 Å². The molecule has 0 unspecified atom stereocenters. The molecule has 0 nitrogen and oxygen atoms in total.